The molecule has 1 atom stereocenters. The number of nitrogens with zero attached hydrogens (tertiary/aromatic N) is 2. The molecule has 0 fully saturated rings. The molecule has 0 radical (unpaired) electrons. The molecular formula is C22H30N4O. The van der Waals surface area contributed by atoms with Gasteiger partial charge in [-0.1, -0.05) is 49.4 Å². The van der Waals surface area contributed by atoms with Crippen LogP contribution in [0.5, 0.6) is 5.75 Å². The Morgan fingerprint density at radius 1 is 1.15 bits per heavy atom. The van der Waals surface area contributed by atoms with Crippen LogP contribution in [0, 0.1) is 0 Å². The summed E-state index contributed by atoms with van der Waals surface area (Å²) in [5, 5.41) is 6.77. The van der Waals surface area contributed by atoms with Crippen molar-refractivity contribution in [3.8, 4) is 5.75 Å². The van der Waals surface area contributed by atoms with E-state index in [9.17, 15) is 0 Å². The molecular weight excluding hydrogens is 336 g/mol. The average molecular weight is 367 g/mol. The second kappa shape index (κ2) is 9.42. The zero-order chi connectivity index (χ0) is 19.1. The van der Waals surface area contributed by atoms with Crippen LogP contribution in [0.1, 0.15) is 23.6 Å². The maximum Gasteiger partial charge on any atom is 0.191 e. The maximum absolute atomic E-state index is 5.98. The van der Waals surface area contributed by atoms with Crippen LogP contribution >= 0.6 is 0 Å². The Labute approximate surface area is 162 Å². The fraction of sp³-hybridized carbons (Fsp3) is 0.409. The third kappa shape index (κ3) is 5.47. The zero-order valence-electron chi connectivity index (χ0n) is 16.5. The molecule has 27 heavy (non-hydrogen) atoms. The molecule has 1 unspecified atom stereocenters. The average Bonchev–Trinajstić information content (AvgIpc) is 3.11. The Hall–Kier alpha value is -2.53. The molecule has 0 saturated heterocycles. The summed E-state index contributed by atoms with van der Waals surface area (Å²) in [7, 11) is 3.94. The van der Waals surface area contributed by atoms with Gasteiger partial charge in [-0.25, -0.2) is 0 Å². The van der Waals surface area contributed by atoms with Crippen molar-refractivity contribution in [3.63, 3.8) is 0 Å². The van der Waals surface area contributed by atoms with Gasteiger partial charge in [0.05, 0.1) is 6.54 Å². The largest absolute Gasteiger partial charge is 0.488 e. The van der Waals surface area contributed by atoms with Crippen LogP contribution in [0.2, 0.25) is 0 Å². The minimum Gasteiger partial charge on any atom is -0.488 e. The SMILES string of the molecule is CCN(C)Cc1cccc(CNC(=NC)NCC2Cc3ccccc3O2)c1. The molecule has 1 heterocycles. The molecule has 5 nitrogen and oxygen atoms in total. The molecule has 0 aliphatic carbocycles. The zero-order valence-corrected chi connectivity index (χ0v) is 16.5. The van der Waals surface area contributed by atoms with Gasteiger partial charge in [-0.2, -0.15) is 0 Å². The van der Waals surface area contributed by atoms with Gasteiger partial charge in [0, 0.05) is 26.6 Å². The number of rotatable bonds is 7. The Bertz CT molecular complexity index is 749. The summed E-state index contributed by atoms with van der Waals surface area (Å²) in [5.74, 6) is 1.80. The Morgan fingerprint density at radius 2 is 1.96 bits per heavy atom. The van der Waals surface area contributed by atoms with E-state index in [4.69, 9.17) is 4.74 Å². The number of guanidine groups is 1. The van der Waals surface area contributed by atoms with Crippen molar-refractivity contribution in [2.45, 2.75) is 32.5 Å². The highest BCUT2D eigenvalue weighted by atomic mass is 16.5. The van der Waals surface area contributed by atoms with Gasteiger partial charge < -0.3 is 20.3 Å². The van der Waals surface area contributed by atoms with Crippen LogP contribution in [0.15, 0.2) is 53.5 Å². The molecule has 0 bridgehead atoms. The molecule has 2 N–H and O–H groups in total. The van der Waals surface area contributed by atoms with E-state index in [0.29, 0.717) is 0 Å². The third-order valence-electron chi connectivity index (χ3n) is 4.88. The van der Waals surface area contributed by atoms with Gasteiger partial charge in [0.2, 0.25) is 0 Å². The molecule has 5 heteroatoms. The van der Waals surface area contributed by atoms with Gasteiger partial charge in [-0.3, -0.25) is 4.99 Å². The third-order valence-corrected chi connectivity index (χ3v) is 4.88. The number of benzene rings is 2. The minimum absolute atomic E-state index is 0.147. The van der Waals surface area contributed by atoms with Crippen molar-refractivity contribution in [1.29, 1.82) is 0 Å². The first-order valence-electron chi connectivity index (χ1n) is 9.63. The second-order valence-electron chi connectivity index (χ2n) is 7.01. The number of hydrogen-bond acceptors (Lipinski definition) is 3. The van der Waals surface area contributed by atoms with E-state index in [1.54, 1.807) is 7.05 Å². The fourth-order valence-corrected chi connectivity index (χ4v) is 3.25. The fourth-order valence-electron chi connectivity index (χ4n) is 3.25. The first kappa shape index (κ1) is 19.2. The van der Waals surface area contributed by atoms with Crippen LogP contribution < -0.4 is 15.4 Å². The lowest BCUT2D eigenvalue weighted by Gasteiger charge is -2.17. The van der Waals surface area contributed by atoms with Crippen molar-refractivity contribution < 1.29 is 4.74 Å². The van der Waals surface area contributed by atoms with Gasteiger partial charge in [0.15, 0.2) is 5.96 Å². The highest BCUT2D eigenvalue weighted by Crippen LogP contribution is 2.27. The lowest BCUT2D eigenvalue weighted by atomic mass is 10.1. The van der Waals surface area contributed by atoms with E-state index in [-0.39, 0.29) is 6.10 Å². The van der Waals surface area contributed by atoms with Crippen LogP contribution in [-0.2, 0) is 19.5 Å². The highest BCUT2D eigenvalue weighted by Gasteiger charge is 2.22. The van der Waals surface area contributed by atoms with Gasteiger partial charge in [-0.15, -0.1) is 0 Å². The number of para-hydroxylation sites is 1. The molecule has 0 aromatic heterocycles. The number of hydrogen-bond donors (Lipinski definition) is 2. The number of ether oxygens (including phenoxy) is 1. The summed E-state index contributed by atoms with van der Waals surface area (Å²) in [6, 6.07) is 16.9. The molecule has 144 valence electrons. The normalized spacial score (nSPS) is 16.1. The predicted octanol–water partition coefficient (Wildman–Crippen LogP) is 2.81. The summed E-state index contributed by atoms with van der Waals surface area (Å²) in [6.07, 6.45) is 1.08. The molecule has 1 aliphatic heterocycles. The van der Waals surface area contributed by atoms with Crippen molar-refractivity contribution >= 4 is 5.96 Å². The smallest absolute Gasteiger partial charge is 0.191 e. The topological polar surface area (TPSA) is 48.9 Å². The van der Waals surface area contributed by atoms with Gasteiger partial charge in [0.25, 0.3) is 0 Å². The van der Waals surface area contributed by atoms with Crippen molar-refractivity contribution in [2.24, 2.45) is 4.99 Å². The first-order chi connectivity index (χ1) is 13.2. The quantitative estimate of drug-likeness (QED) is 0.584. The number of nitrogens with one attached hydrogen (secondary N) is 2. The molecule has 3 rings (SSSR count). The monoisotopic (exact) mass is 366 g/mol. The van der Waals surface area contributed by atoms with E-state index < -0.39 is 0 Å². The van der Waals surface area contributed by atoms with Crippen LogP contribution in [0.25, 0.3) is 0 Å². The second-order valence-corrected chi connectivity index (χ2v) is 7.01. The van der Waals surface area contributed by atoms with E-state index in [1.165, 1.54) is 16.7 Å². The van der Waals surface area contributed by atoms with E-state index in [2.05, 4.69) is 70.9 Å². The predicted molar refractivity (Wildman–Crippen MR) is 111 cm³/mol. The van der Waals surface area contributed by atoms with E-state index in [1.807, 2.05) is 12.1 Å². The number of aliphatic imine (C=N–C) groups is 1. The lowest BCUT2D eigenvalue weighted by Crippen LogP contribution is -2.41. The summed E-state index contributed by atoms with van der Waals surface area (Å²) in [5.41, 5.74) is 3.87. The van der Waals surface area contributed by atoms with E-state index >= 15 is 0 Å². The minimum atomic E-state index is 0.147. The van der Waals surface area contributed by atoms with Crippen molar-refractivity contribution in [2.75, 3.05) is 27.2 Å². The molecule has 0 spiro atoms. The molecule has 0 saturated carbocycles. The number of fused-ring (bicyclic) bond motifs is 1. The van der Waals surface area contributed by atoms with Crippen LogP contribution in [0.3, 0.4) is 0 Å². The van der Waals surface area contributed by atoms with Gasteiger partial charge >= 0.3 is 0 Å². The van der Waals surface area contributed by atoms with Crippen LogP contribution in [-0.4, -0.2) is 44.1 Å². The summed E-state index contributed by atoms with van der Waals surface area (Å²) in [4.78, 5) is 6.63. The van der Waals surface area contributed by atoms with E-state index in [0.717, 1.165) is 44.3 Å². The lowest BCUT2D eigenvalue weighted by molar-refractivity contribution is 0.235. The van der Waals surface area contributed by atoms with Crippen molar-refractivity contribution in [1.82, 2.24) is 15.5 Å². The van der Waals surface area contributed by atoms with Gasteiger partial charge in [-0.05, 0) is 36.3 Å². The molecule has 0 amide bonds. The standard InChI is InChI=1S/C22H30N4O/c1-4-26(3)16-18-9-7-8-17(12-18)14-24-22(23-2)25-15-20-13-19-10-5-6-11-21(19)27-20/h5-12,20H,4,13-16H2,1-3H3,(H2,23,24,25). The Balaban J connectivity index is 1.47. The first-order valence-corrected chi connectivity index (χ1v) is 9.63. The Morgan fingerprint density at radius 3 is 2.74 bits per heavy atom. The summed E-state index contributed by atoms with van der Waals surface area (Å²) < 4.78 is 5.98. The summed E-state index contributed by atoms with van der Waals surface area (Å²) in [6.45, 7) is 5.67. The highest BCUT2D eigenvalue weighted by molar-refractivity contribution is 5.79. The molecule has 2 aromatic rings. The van der Waals surface area contributed by atoms with Gasteiger partial charge in [0.1, 0.15) is 11.9 Å². The maximum atomic E-state index is 5.98. The Kier molecular flexibility index (Phi) is 6.71. The molecule has 2 aromatic carbocycles. The summed E-state index contributed by atoms with van der Waals surface area (Å²) >= 11 is 0. The van der Waals surface area contributed by atoms with Crippen molar-refractivity contribution in [3.05, 3.63) is 65.2 Å². The van der Waals surface area contributed by atoms with Crippen LogP contribution in [0.4, 0.5) is 0 Å². The molecule has 1 aliphatic rings.